The fourth-order valence-electron chi connectivity index (χ4n) is 2.01. The Bertz CT molecular complexity index is 769. The van der Waals surface area contributed by atoms with Gasteiger partial charge in [0.05, 0.1) is 16.3 Å². The number of carbonyl (C=O) groups is 1. The van der Waals surface area contributed by atoms with E-state index < -0.39 is 27.1 Å². The predicted octanol–water partition coefficient (Wildman–Crippen LogP) is 3.43. The first-order chi connectivity index (χ1) is 10.9. The SMILES string of the molecule is O=C(Nc1ccccc1S(=O)C(F)(F)F)c1cc(C2CC2)no1. The molecule has 1 N–H and O–H groups in total. The van der Waals surface area contributed by atoms with Crippen LogP contribution in [0.5, 0.6) is 0 Å². The predicted molar refractivity (Wildman–Crippen MR) is 75.3 cm³/mol. The fourth-order valence-corrected chi connectivity index (χ4v) is 2.78. The topological polar surface area (TPSA) is 72.2 Å². The number of nitrogens with zero attached hydrogens (tertiary/aromatic N) is 1. The van der Waals surface area contributed by atoms with Crippen LogP contribution < -0.4 is 5.32 Å². The molecule has 1 atom stereocenters. The molecule has 1 amide bonds. The maximum atomic E-state index is 12.6. The molecule has 1 aliphatic rings. The number of nitrogens with one attached hydrogen (secondary N) is 1. The van der Waals surface area contributed by atoms with Gasteiger partial charge in [0, 0.05) is 12.0 Å². The maximum absolute atomic E-state index is 12.6. The third-order valence-electron chi connectivity index (χ3n) is 3.29. The number of hydrogen-bond donors (Lipinski definition) is 1. The highest BCUT2D eigenvalue weighted by Crippen LogP contribution is 2.39. The fraction of sp³-hybridized carbons (Fsp3) is 0.286. The molecule has 1 aromatic carbocycles. The summed E-state index contributed by atoms with van der Waals surface area (Å²) >= 11 is 0. The molecule has 0 spiro atoms. The number of amides is 1. The van der Waals surface area contributed by atoms with Gasteiger partial charge < -0.3 is 9.84 Å². The molecule has 1 saturated carbocycles. The van der Waals surface area contributed by atoms with E-state index in [2.05, 4.69) is 10.5 Å². The van der Waals surface area contributed by atoms with E-state index in [1.165, 1.54) is 24.3 Å². The van der Waals surface area contributed by atoms with Gasteiger partial charge in [-0.05, 0) is 25.0 Å². The highest BCUT2D eigenvalue weighted by molar-refractivity contribution is 7.86. The Labute approximate surface area is 131 Å². The van der Waals surface area contributed by atoms with Crippen LogP contribution in [0.2, 0.25) is 0 Å². The van der Waals surface area contributed by atoms with Crippen LogP contribution in [0.4, 0.5) is 18.9 Å². The minimum absolute atomic E-state index is 0.0977. The van der Waals surface area contributed by atoms with Crippen LogP contribution in [0.1, 0.15) is 35.0 Å². The summed E-state index contributed by atoms with van der Waals surface area (Å²) in [5.74, 6) is -0.555. The van der Waals surface area contributed by atoms with Crippen molar-refractivity contribution in [3.63, 3.8) is 0 Å². The van der Waals surface area contributed by atoms with Crippen molar-refractivity contribution in [1.29, 1.82) is 0 Å². The van der Waals surface area contributed by atoms with Crippen LogP contribution in [0.3, 0.4) is 0 Å². The zero-order valence-corrected chi connectivity index (χ0v) is 12.4. The van der Waals surface area contributed by atoms with Crippen LogP contribution >= 0.6 is 0 Å². The highest BCUT2D eigenvalue weighted by atomic mass is 32.2. The first-order valence-corrected chi connectivity index (χ1v) is 7.87. The Morgan fingerprint density at radius 1 is 1.30 bits per heavy atom. The second-order valence-electron chi connectivity index (χ2n) is 5.06. The molecule has 0 aliphatic heterocycles. The number of hydrogen-bond acceptors (Lipinski definition) is 4. The third kappa shape index (κ3) is 3.44. The summed E-state index contributed by atoms with van der Waals surface area (Å²) in [6, 6.07) is 6.51. The van der Waals surface area contributed by atoms with Crippen molar-refractivity contribution in [1.82, 2.24) is 5.16 Å². The largest absolute Gasteiger partial charge is 0.475 e. The molecule has 2 aromatic rings. The van der Waals surface area contributed by atoms with Gasteiger partial charge in [-0.3, -0.25) is 4.79 Å². The molecule has 1 heterocycles. The van der Waals surface area contributed by atoms with Crippen LogP contribution in [-0.4, -0.2) is 20.8 Å². The zero-order valence-electron chi connectivity index (χ0n) is 11.6. The van der Waals surface area contributed by atoms with E-state index >= 15 is 0 Å². The molecule has 1 unspecified atom stereocenters. The number of benzene rings is 1. The summed E-state index contributed by atoms with van der Waals surface area (Å²) in [6.45, 7) is 0. The van der Waals surface area contributed by atoms with Crippen LogP contribution in [-0.2, 0) is 10.8 Å². The lowest BCUT2D eigenvalue weighted by Gasteiger charge is -2.11. The lowest BCUT2D eigenvalue weighted by molar-refractivity contribution is -0.0384. The number of anilines is 1. The monoisotopic (exact) mass is 344 g/mol. The average Bonchev–Trinajstić information content (AvgIpc) is 3.23. The molecule has 9 heteroatoms. The summed E-state index contributed by atoms with van der Waals surface area (Å²) in [5, 5.41) is 6.05. The van der Waals surface area contributed by atoms with Crippen LogP contribution in [0.25, 0.3) is 0 Å². The molecule has 3 rings (SSSR count). The van der Waals surface area contributed by atoms with Gasteiger partial charge in [-0.2, -0.15) is 13.2 Å². The van der Waals surface area contributed by atoms with E-state index in [-0.39, 0.29) is 17.4 Å². The van der Waals surface area contributed by atoms with Crippen molar-refractivity contribution in [2.24, 2.45) is 0 Å². The van der Waals surface area contributed by atoms with Crippen molar-refractivity contribution < 1.29 is 26.7 Å². The highest BCUT2D eigenvalue weighted by Gasteiger charge is 2.39. The van der Waals surface area contributed by atoms with Gasteiger partial charge in [0.25, 0.3) is 5.91 Å². The summed E-state index contributed by atoms with van der Waals surface area (Å²) in [5.41, 5.74) is -4.44. The lowest BCUT2D eigenvalue weighted by atomic mass is 10.2. The van der Waals surface area contributed by atoms with Gasteiger partial charge >= 0.3 is 5.51 Å². The van der Waals surface area contributed by atoms with Crippen molar-refractivity contribution in [3.8, 4) is 0 Å². The molecule has 1 aliphatic carbocycles. The summed E-state index contributed by atoms with van der Waals surface area (Å²) < 4.78 is 54.3. The zero-order chi connectivity index (χ0) is 16.6. The first kappa shape index (κ1) is 15.7. The Kier molecular flexibility index (Phi) is 3.97. The molecule has 0 saturated heterocycles. The van der Waals surface area contributed by atoms with Crippen molar-refractivity contribution in [2.75, 3.05) is 5.32 Å². The summed E-state index contributed by atoms with van der Waals surface area (Å²) in [7, 11) is -3.24. The lowest BCUT2D eigenvalue weighted by Crippen LogP contribution is -2.19. The van der Waals surface area contributed by atoms with E-state index in [1.54, 1.807) is 0 Å². The van der Waals surface area contributed by atoms with Crippen LogP contribution in [0, 0.1) is 0 Å². The van der Waals surface area contributed by atoms with Gasteiger partial charge in [-0.25, -0.2) is 4.21 Å². The molecule has 23 heavy (non-hydrogen) atoms. The van der Waals surface area contributed by atoms with E-state index in [0.717, 1.165) is 18.9 Å². The molecule has 0 radical (unpaired) electrons. The Morgan fingerprint density at radius 2 is 2.00 bits per heavy atom. The standard InChI is InChI=1S/C14H11F3N2O3S/c15-14(16,17)23(21)12-4-2-1-3-9(12)18-13(20)11-7-10(19-22-11)8-5-6-8/h1-4,7-8H,5-6H2,(H,18,20). The molecule has 5 nitrogen and oxygen atoms in total. The maximum Gasteiger partial charge on any atom is 0.475 e. The van der Waals surface area contributed by atoms with E-state index in [4.69, 9.17) is 4.52 Å². The first-order valence-electron chi connectivity index (χ1n) is 6.72. The van der Waals surface area contributed by atoms with Gasteiger partial charge in [0.15, 0.2) is 10.8 Å². The number of rotatable bonds is 4. The number of alkyl halides is 3. The summed E-state index contributed by atoms with van der Waals surface area (Å²) in [4.78, 5) is 11.6. The van der Waals surface area contributed by atoms with E-state index in [0.29, 0.717) is 5.69 Å². The van der Waals surface area contributed by atoms with Gasteiger partial charge in [0.2, 0.25) is 5.76 Å². The van der Waals surface area contributed by atoms with Crippen molar-refractivity contribution >= 4 is 22.4 Å². The quantitative estimate of drug-likeness (QED) is 0.922. The summed E-state index contributed by atoms with van der Waals surface area (Å²) in [6.07, 6.45) is 1.95. The molecule has 1 fully saturated rings. The Hall–Kier alpha value is -2.16. The molecular weight excluding hydrogens is 333 g/mol. The third-order valence-corrected chi connectivity index (χ3v) is 4.47. The number of aromatic nitrogens is 1. The Balaban J connectivity index is 1.81. The van der Waals surface area contributed by atoms with Gasteiger partial charge in [-0.1, -0.05) is 17.3 Å². The molecular formula is C14H11F3N2O3S. The molecule has 0 bridgehead atoms. The minimum atomic E-state index is -4.91. The second-order valence-corrected chi connectivity index (χ2v) is 6.50. The molecule has 122 valence electrons. The number of carbonyl (C=O) groups excluding carboxylic acids is 1. The van der Waals surface area contributed by atoms with Gasteiger partial charge in [0.1, 0.15) is 0 Å². The van der Waals surface area contributed by atoms with Crippen molar-refractivity contribution in [3.05, 3.63) is 41.8 Å². The average molecular weight is 344 g/mol. The second kappa shape index (κ2) is 5.80. The van der Waals surface area contributed by atoms with E-state index in [1.807, 2.05) is 0 Å². The Morgan fingerprint density at radius 3 is 2.65 bits per heavy atom. The van der Waals surface area contributed by atoms with Crippen molar-refractivity contribution in [2.45, 2.75) is 29.2 Å². The smallest absolute Gasteiger partial charge is 0.351 e. The molecule has 1 aromatic heterocycles. The number of halogens is 3. The number of para-hydroxylation sites is 1. The minimum Gasteiger partial charge on any atom is -0.351 e. The van der Waals surface area contributed by atoms with E-state index in [9.17, 15) is 22.2 Å². The van der Waals surface area contributed by atoms with Crippen LogP contribution in [0.15, 0.2) is 39.8 Å². The van der Waals surface area contributed by atoms with Gasteiger partial charge in [-0.15, -0.1) is 0 Å². The normalized spacial score (nSPS) is 16.1.